The highest BCUT2D eigenvalue weighted by atomic mass is 16.6. The van der Waals surface area contributed by atoms with Crippen LogP contribution in [0.2, 0.25) is 0 Å². The first-order valence-corrected chi connectivity index (χ1v) is 12.2. The normalized spacial score (nSPS) is 17.2. The minimum atomic E-state index is -0.646. The van der Waals surface area contributed by atoms with Gasteiger partial charge in [0.05, 0.1) is 24.6 Å². The van der Waals surface area contributed by atoms with Crippen molar-refractivity contribution in [1.82, 2.24) is 4.90 Å². The summed E-state index contributed by atoms with van der Waals surface area (Å²) in [5.74, 6) is -0.757. The number of anilines is 2. The van der Waals surface area contributed by atoms with E-state index in [1.54, 1.807) is 51.1 Å². The predicted octanol–water partition coefficient (Wildman–Crippen LogP) is 4.36. The van der Waals surface area contributed by atoms with Crippen molar-refractivity contribution in [2.24, 2.45) is 0 Å². The molecule has 2 amide bonds. The first-order valence-electron chi connectivity index (χ1n) is 12.2. The molecule has 3 rings (SSSR count). The zero-order chi connectivity index (χ0) is 27.0. The SMILES string of the molecule is COC(=O)C(c1ccc(/C=C/C(=O)Nc2ccccc2NC(=O)OC(C)(C)C)cc1)N1CCCC(O)C1. The van der Waals surface area contributed by atoms with E-state index in [-0.39, 0.29) is 11.9 Å². The summed E-state index contributed by atoms with van der Waals surface area (Å²) in [5.41, 5.74) is 1.72. The number of benzene rings is 2. The maximum Gasteiger partial charge on any atom is 0.412 e. The highest BCUT2D eigenvalue weighted by Crippen LogP contribution is 2.27. The van der Waals surface area contributed by atoms with Gasteiger partial charge in [-0.1, -0.05) is 36.4 Å². The molecular weight excluding hydrogens is 474 g/mol. The van der Waals surface area contributed by atoms with Crippen molar-refractivity contribution < 1.29 is 29.0 Å². The lowest BCUT2D eigenvalue weighted by molar-refractivity contribution is -0.148. The number of esters is 1. The van der Waals surface area contributed by atoms with Gasteiger partial charge >= 0.3 is 12.1 Å². The number of para-hydroxylation sites is 2. The zero-order valence-electron chi connectivity index (χ0n) is 21.7. The van der Waals surface area contributed by atoms with E-state index in [1.807, 2.05) is 29.2 Å². The fraction of sp³-hybridized carbons (Fsp3) is 0.393. The second kappa shape index (κ2) is 12.5. The van der Waals surface area contributed by atoms with E-state index in [1.165, 1.54) is 13.2 Å². The molecule has 0 bridgehead atoms. The molecule has 0 radical (unpaired) electrons. The van der Waals surface area contributed by atoms with E-state index in [0.29, 0.717) is 24.5 Å². The van der Waals surface area contributed by atoms with Gasteiger partial charge in [0.25, 0.3) is 0 Å². The average Bonchev–Trinajstić information content (AvgIpc) is 2.83. The Morgan fingerprint density at radius 2 is 1.70 bits per heavy atom. The standard InChI is InChI=1S/C28H35N3O6/c1-28(2,3)37-27(35)30-23-10-6-5-9-22(23)29-24(33)16-13-19-11-14-20(15-12-19)25(26(34)36-4)31-17-7-8-21(32)18-31/h5-6,9-16,21,25,32H,7-8,17-18H2,1-4H3,(H,29,33)(H,30,35)/b16-13+. The summed E-state index contributed by atoms with van der Waals surface area (Å²) >= 11 is 0. The van der Waals surface area contributed by atoms with Crippen molar-refractivity contribution in [2.45, 2.75) is 51.4 Å². The quantitative estimate of drug-likeness (QED) is 0.375. The fourth-order valence-corrected chi connectivity index (χ4v) is 4.08. The van der Waals surface area contributed by atoms with Crippen LogP contribution in [0.4, 0.5) is 16.2 Å². The largest absolute Gasteiger partial charge is 0.468 e. The highest BCUT2D eigenvalue weighted by Gasteiger charge is 2.32. The van der Waals surface area contributed by atoms with Gasteiger partial charge in [-0.15, -0.1) is 0 Å². The monoisotopic (exact) mass is 509 g/mol. The molecule has 0 aliphatic carbocycles. The van der Waals surface area contributed by atoms with Crippen LogP contribution in [0.3, 0.4) is 0 Å². The van der Waals surface area contributed by atoms with E-state index >= 15 is 0 Å². The Balaban J connectivity index is 1.66. The van der Waals surface area contributed by atoms with Crippen molar-refractivity contribution in [3.8, 4) is 0 Å². The molecule has 37 heavy (non-hydrogen) atoms. The van der Waals surface area contributed by atoms with Crippen LogP contribution in [-0.2, 0) is 19.1 Å². The van der Waals surface area contributed by atoms with Gasteiger partial charge in [-0.3, -0.25) is 15.0 Å². The molecule has 1 saturated heterocycles. The van der Waals surface area contributed by atoms with Gasteiger partial charge in [0.15, 0.2) is 0 Å². The molecule has 1 aliphatic rings. The van der Waals surface area contributed by atoms with Crippen LogP contribution in [0.1, 0.15) is 50.8 Å². The van der Waals surface area contributed by atoms with Gasteiger partial charge < -0.3 is 19.9 Å². The van der Waals surface area contributed by atoms with Gasteiger partial charge in [-0.2, -0.15) is 0 Å². The Kier molecular flexibility index (Phi) is 9.43. The number of carbonyl (C=O) groups excluding carboxylic acids is 3. The van der Waals surface area contributed by atoms with Crippen molar-refractivity contribution >= 4 is 35.4 Å². The molecule has 1 fully saturated rings. The number of aliphatic hydroxyl groups excluding tert-OH is 1. The smallest absolute Gasteiger partial charge is 0.412 e. The molecule has 9 heteroatoms. The van der Waals surface area contributed by atoms with Crippen molar-refractivity contribution in [1.29, 1.82) is 0 Å². The lowest BCUT2D eigenvalue weighted by atomic mass is 9.99. The van der Waals surface area contributed by atoms with E-state index in [4.69, 9.17) is 9.47 Å². The number of aliphatic hydroxyl groups is 1. The fourth-order valence-electron chi connectivity index (χ4n) is 4.08. The van der Waals surface area contributed by atoms with Gasteiger partial charge in [-0.05, 0) is 69.5 Å². The summed E-state index contributed by atoms with van der Waals surface area (Å²) in [6, 6.07) is 13.5. The lowest BCUT2D eigenvalue weighted by Gasteiger charge is -2.35. The number of hydrogen-bond donors (Lipinski definition) is 3. The van der Waals surface area contributed by atoms with Crippen LogP contribution in [0.25, 0.3) is 6.08 Å². The van der Waals surface area contributed by atoms with Crippen molar-refractivity contribution in [3.05, 3.63) is 65.7 Å². The number of ether oxygens (including phenoxy) is 2. The molecule has 2 aromatic rings. The van der Waals surface area contributed by atoms with Crippen molar-refractivity contribution in [3.63, 3.8) is 0 Å². The number of methoxy groups -OCH3 is 1. The van der Waals surface area contributed by atoms with E-state index in [2.05, 4.69) is 10.6 Å². The molecule has 0 aromatic heterocycles. The van der Waals surface area contributed by atoms with E-state index in [9.17, 15) is 19.5 Å². The maximum atomic E-state index is 12.6. The van der Waals surface area contributed by atoms with Crippen LogP contribution in [0.5, 0.6) is 0 Å². The molecule has 9 nitrogen and oxygen atoms in total. The first-order chi connectivity index (χ1) is 17.6. The minimum absolute atomic E-state index is 0.378. The molecule has 1 aliphatic heterocycles. The second-order valence-electron chi connectivity index (χ2n) is 9.88. The Morgan fingerprint density at radius 1 is 1.05 bits per heavy atom. The summed E-state index contributed by atoms with van der Waals surface area (Å²) in [7, 11) is 1.35. The number of nitrogens with zero attached hydrogens (tertiary/aromatic N) is 1. The molecule has 0 saturated carbocycles. The lowest BCUT2D eigenvalue weighted by Crippen LogP contribution is -2.43. The van der Waals surface area contributed by atoms with Gasteiger partial charge in [0.1, 0.15) is 11.6 Å². The number of hydrogen-bond acceptors (Lipinski definition) is 7. The molecule has 2 aromatic carbocycles. The number of β-amino-alcohol motifs (C(OH)–C–C–N with tert-alkyl or cyclic N) is 1. The Morgan fingerprint density at radius 3 is 2.30 bits per heavy atom. The average molecular weight is 510 g/mol. The predicted molar refractivity (Wildman–Crippen MR) is 142 cm³/mol. The Bertz CT molecular complexity index is 1120. The number of piperidine rings is 1. The van der Waals surface area contributed by atoms with Gasteiger partial charge in [0, 0.05) is 12.6 Å². The molecule has 0 spiro atoms. The molecular formula is C28H35N3O6. The van der Waals surface area contributed by atoms with Crippen LogP contribution in [-0.4, -0.2) is 59.9 Å². The Hall–Kier alpha value is -3.69. The summed E-state index contributed by atoms with van der Waals surface area (Å²) < 4.78 is 10.3. The third-order valence-corrected chi connectivity index (χ3v) is 5.72. The third-order valence-electron chi connectivity index (χ3n) is 5.72. The topological polar surface area (TPSA) is 117 Å². The highest BCUT2D eigenvalue weighted by molar-refractivity contribution is 6.05. The van der Waals surface area contributed by atoms with E-state index < -0.39 is 23.8 Å². The van der Waals surface area contributed by atoms with E-state index in [0.717, 1.165) is 24.0 Å². The first kappa shape index (κ1) is 27.9. The maximum absolute atomic E-state index is 12.6. The molecule has 2 atom stereocenters. The van der Waals surface area contributed by atoms with Crippen LogP contribution >= 0.6 is 0 Å². The molecule has 2 unspecified atom stereocenters. The van der Waals surface area contributed by atoms with Crippen LogP contribution in [0.15, 0.2) is 54.6 Å². The number of carbonyl (C=O) groups is 3. The summed E-state index contributed by atoms with van der Waals surface area (Å²) in [6.45, 7) is 6.41. The zero-order valence-corrected chi connectivity index (χ0v) is 21.7. The molecule has 1 heterocycles. The minimum Gasteiger partial charge on any atom is -0.468 e. The van der Waals surface area contributed by atoms with Crippen LogP contribution in [0, 0.1) is 0 Å². The number of likely N-dealkylation sites (tertiary alicyclic amines) is 1. The van der Waals surface area contributed by atoms with Crippen molar-refractivity contribution in [2.75, 3.05) is 30.8 Å². The summed E-state index contributed by atoms with van der Waals surface area (Å²) in [6.07, 6.45) is 3.48. The molecule has 198 valence electrons. The Labute approximate surface area is 217 Å². The molecule has 3 N–H and O–H groups in total. The van der Waals surface area contributed by atoms with Gasteiger partial charge in [-0.25, -0.2) is 9.59 Å². The number of rotatable bonds is 7. The second-order valence-corrected chi connectivity index (χ2v) is 9.88. The summed E-state index contributed by atoms with van der Waals surface area (Å²) in [5, 5.41) is 15.4. The summed E-state index contributed by atoms with van der Waals surface area (Å²) in [4.78, 5) is 39.1. The van der Waals surface area contributed by atoms with Gasteiger partial charge in [0.2, 0.25) is 5.91 Å². The third kappa shape index (κ3) is 8.44. The number of amides is 2. The number of nitrogens with one attached hydrogen (secondary N) is 2. The van der Waals surface area contributed by atoms with Crippen LogP contribution < -0.4 is 10.6 Å².